The SMILES string of the molecule is CCn1nc(-c2ccc(Cl)c(C)c2)nc1CC(=O)Nc1cnccn1. The summed E-state index contributed by atoms with van der Waals surface area (Å²) in [7, 11) is 0. The first-order valence-electron chi connectivity index (χ1n) is 7.83. The van der Waals surface area contributed by atoms with Crippen molar-refractivity contribution in [1.29, 1.82) is 0 Å². The Morgan fingerprint density at radius 2 is 2.16 bits per heavy atom. The second kappa shape index (κ2) is 7.40. The molecule has 0 fully saturated rings. The monoisotopic (exact) mass is 356 g/mol. The number of carbonyl (C=O) groups excluding carboxylic acids is 1. The fourth-order valence-corrected chi connectivity index (χ4v) is 2.48. The van der Waals surface area contributed by atoms with Crippen molar-refractivity contribution < 1.29 is 4.79 Å². The molecular formula is C17H17ClN6O. The largest absolute Gasteiger partial charge is 0.309 e. The highest BCUT2D eigenvalue weighted by molar-refractivity contribution is 6.31. The highest BCUT2D eigenvalue weighted by Crippen LogP contribution is 2.23. The number of hydrogen-bond acceptors (Lipinski definition) is 5. The Balaban J connectivity index is 1.80. The van der Waals surface area contributed by atoms with Crippen molar-refractivity contribution >= 4 is 23.3 Å². The molecule has 1 amide bonds. The Morgan fingerprint density at radius 3 is 2.84 bits per heavy atom. The van der Waals surface area contributed by atoms with Crippen molar-refractivity contribution in [2.45, 2.75) is 26.8 Å². The number of aromatic nitrogens is 5. The van der Waals surface area contributed by atoms with Gasteiger partial charge in [0.15, 0.2) is 11.6 Å². The van der Waals surface area contributed by atoms with E-state index in [9.17, 15) is 4.79 Å². The molecule has 25 heavy (non-hydrogen) atoms. The predicted molar refractivity (Wildman–Crippen MR) is 95.2 cm³/mol. The van der Waals surface area contributed by atoms with Crippen LogP contribution in [0.5, 0.6) is 0 Å². The molecule has 2 aromatic heterocycles. The second-order valence-corrected chi connectivity index (χ2v) is 5.85. The van der Waals surface area contributed by atoms with Gasteiger partial charge in [-0.1, -0.05) is 11.6 Å². The smallest absolute Gasteiger partial charge is 0.233 e. The predicted octanol–water partition coefficient (Wildman–Crippen LogP) is 2.90. The van der Waals surface area contributed by atoms with Crippen LogP contribution >= 0.6 is 11.6 Å². The lowest BCUT2D eigenvalue weighted by atomic mass is 10.1. The van der Waals surface area contributed by atoms with Gasteiger partial charge in [0.1, 0.15) is 5.82 Å². The zero-order valence-corrected chi connectivity index (χ0v) is 14.7. The van der Waals surface area contributed by atoms with Crippen LogP contribution in [-0.4, -0.2) is 30.6 Å². The summed E-state index contributed by atoms with van der Waals surface area (Å²) >= 11 is 6.07. The molecule has 0 unspecified atom stereocenters. The van der Waals surface area contributed by atoms with Crippen molar-refractivity contribution in [3.63, 3.8) is 0 Å². The minimum absolute atomic E-state index is 0.101. The van der Waals surface area contributed by atoms with Gasteiger partial charge in [-0.05, 0) is 37.6 Å². The number of rotatable bonds is 5. The summed E-state index contributed by atoms with van der Waals surface area (Å²) in [4.78, 5) is 24.7. The summed E-state index contributed by atoms with van der Waals surface area (Å²) in [5.74, 6) is 1.35. The lowest BCUT2D eigenvalue weighted by Crippen LogP contribution is -2.18. The van der Waals surface area contributed by atoms with E-state index in [1.807, 2.05) is 32.0 Å². The summed E-state index contributed by atoms with van der Waals surface area (Å²) < 4.78 is 1.72. The maximum atomic E-state index is 12.2. The van der Waals surface area contributed by atoms with Gasteiger partial charge in [0, 0.05) is 29.5 Å². The van der Waals surface area contributed by atoms with Gasteiger partial charge in [-0.3, -0.25) is 9.78 Å². The number of carbonyl (C=O) groups is 1. The lowest BCUT2D eigenvalue weighted by Gasteiger charge is -2.04. The summed E-state index contributed by atoms with van der Waals surface area (Å²) in [5.41, 5.74) is 1.82. The highest BCUT2D eigenvalue weighted by atomic mass is 35.5. The summed E-state index contributed by atoms with van der Waals surface area (Å²) in [5, 5.41) is 7.88. The molecule has 0 aliphatic carbocycles. The van der Waals surface area contributed by atoms with Gasteiger partial charge in [-0.15, -0.1) is 0 Å². The van der Waals surface area contributed by atoms with Crippen LogP contribution < -0.4 is 5.32 Å². The molecule has 0 atom stereocenters. The molecule has 0 radical (unpaired) electrons. The van der Waals surface area contributed by atoms with E-state index in [2.05, 4.69) is 25.4 Å². The molecule has 2 heterocycles. The number of hydrogen-bond donors (Lipinski definition) is 1. The van der Waals surface area contributed by atoms with Crippen LogP contribution in [0.2, 0.25) is 5.02 Å². The molecule has 3 aromatic rings. The van der Waals surface area contributed by atoms with Gasteiger partial charge in [0.05, 0.1) is 12.6 Å². The van der Waals surface area contributed by atoms with Crippen LogP contribution in [0.3, 0.4) is 0 Å². The third-order valence-corrected chi connectivity index (χ3v) is 4.04. The summed E-state index contributed by atoms with van der Waals surface area (Å²) in [6.45, 7) is 4.50. The van der Waals surface area contributed by atoms with Gasteiger partial charge in [0.25, 0.3) is 0 Å². The van der Waals surface area contributed by atoms with E-state index in [4.69, 9.17) is 11.6 Å². The molecule has 0 saturated carbocycles. The molecule has 7 nitrogen and oxygen atoms in total. The number of benzene rings is 1. The molecule has 0 bridgehead atoms. The first kappa shape index (κ1) is 17.0. The Hall–Kier alpha value is -2.80. The van der Waals surface area contributed by atoms with E-state index in [1.54, 1.807) is 10.9 Å². The fourth-order valence-electron chi connectivity index (χ4n) is 2.36. The van der Waals surface area contributed by atoms with Crippen molar-refractivity contribution in [2.24, 2.45) is 0 Å². The number of nitrogens with one attached hydrogen (secondary N) is 1. The third-order valence-electron chi connectivity index (χ3n) is 3.61. The molecular weight excluding hydrogens is 340 g/mol. The van der Waals surface area contributed by atoms with E-state index >= 15 is 0 Å². The van der Waals surface area contributed by atoms with E-state index in [-0.39, 0.29) is 12.3 Å². The number of amides is 1. The Bertz CT molecular complexity index is 893. The molecule has 1 aromatic carbocycles. The second-order valence-electron chi connectivity index (χ2n) is 5.45. The minimum Gasteiger partial charge on any atom is -0.309 e. The number of nitrogens with zero attached hydrogens (tertiary/aromatic N) is 5. The Kier molecular flexibility index (Phi) is 5.04. The maximum Gasteiger partial charge on any atom is 0.233 e. The highest BCUT2D eigenvalue weighted by Gasteiger charge is 2.15. The van der Waals surface area contributed by atoms with Gasteiger partial charge in [-0.25, -0.2) is 14.6 Å². The van der Waals surface area contributed by atoms with Crippen LogP contribution in [0.25, 0.3) is 11.4 Å². The van der Waals surface area contributed by atoms with Crippen molar-refractivity contribution in [2.75, 3.05) is 5.32 Å². The Labute approximate surface area is 150 Å². The normalized spacial score (nSPS) is 10.7. The lowest BCUT2D eigenvalue weighted by molar-refractivity contribution is -0.115. The van der Waals surface area contributed by atoms with E-state index < -0.39 is 0 Å². The number of anilines is 1. The van der Waals surface area contributed by atoms with Crippen LogP contribution in [0.1, 0.15) is 18.3 Å². The Morgan fingerprint density at radius 1 is 1.32 bits per heavy atom. The van der Waals surface area contributed by atoms with Gasteiger partial charge in [-0.2, -0.15) is 5.10 Å². The first-order chi connectivity index (χ1) is 12.1. The van der Waals surface area contributed by atoms with Crippen molar-refractivity contribution in [3.8, 4) is 11.4 Å². The number of halogens is 1. The summed E-state index contributed by atoms with van der Waals surface area (Å²) in [6, 6.07) is 5.62. The molecule has 0 saturated heterocycles. The van der Waals surface area contributed by atoms with Crippen LogP contribution in [0.15, 0.2) is 36.8 Å². The van der Waals surface area contributed by atoms with Gasteiger partial charge >= 0.3 is 0 Å². The van der Waals surface area contributed by atoms with E-state index in [0.29, 0.717) is 29.0 Å². The molecule has 1 N–H and O–H groups in total. The van der Waals surface area contributed by atoms with Crippen LogP contribution in [0.4, 0.5) is 5.82 Å². The van der Waals surface area contributed by atoms with Crippen LogP contribution in [0, 0.1) is 6.92 Å². The van der Waals surface area contributed by atoms with Crippen molar-refractivity contribution in [1.82, 2.24) is 24.7 Å². The standard InChI is InChI=1S/C17H17ClN6O/c1-3-24-15(9-16(25)21-14-10-19-6-7-20-14)22-17(23-24)12-4-5-13(18)11(2)8-12/h4-8,10H,3,9H2,1-2H3,(H,20,21,25). The molecule has 0 aliphatic rings. The molecule has 0 aliphatic heterocycles. The molecule has 0 spiro atoms. The first-order valence-corrected chi connectivity index (χ1v) is 8.20. The average molecular weight is 357 g/mol. The zero-order valence-electron chi connectivity index (χ0n) is 13.9. The van der Waals surface area contributed by atoms with Crippen LogP contribution in [-0.2, 0) is 17.8 Å². The maximum absolute atomic E-state index is 12.2. The third kappa shape index (κ3) is 4.00. The van der Waals surface area contributed by atoms with E-state index in [0.717, 1.165) is 11.1 Å². The fraction of sp³-hybridized carbons (Fsp3) is 0.235. The summed E-state index contributed by atoms with van der Waals surface area (Å²) in [6.07, 6.45) is 4.66. The van der Waals surface area contributed by atoms with E-state index in [1.165, 1.54) is 12.4 Å². The average Bonchev–Trinajstić information content (AvgIpc) is 3.01. The minimum atomic E-state index is -0.221. The number of aryl methyl sites for hydroxylation is 2. The zero-order chi connectivity index (χ0) is 17.8. The van der Waals surface area contributed by atoms with Gasteiger partial charge < -0.3 is 5.32 Å². The topological polar surface area (TPSA) is 85.6 Å². The molecule has 3 rings (SSSR count). The quantitative estimate of drug-likeness (QED) is 0.759. The molecule has 128 valence electrons. The molecule has 8 heteroatoms. The van der Waals surface area contributed by atoms with Crippen molar-refractivity contribution in [3.05, 3.63) is 53.2 Å². The van der Waals surface area contributed by atoms with Gasteiger partial charge in [0.2, 0.25) is 5.91 Å².